The molecule has 136 valence electrons. The van der Waals surface area contributed by atoms with Crippen LogP contribution in [0.15, 0.2) is 53.0 Å². The van der Waals surface area contributed by atoms with Crippen LogP contribution in [0.3, 0.4) is 0 Å². The van der Waals surface area contributed by atoms with Gasteiger partial charge in [0.1, 0.15) is 6.04 Å². The summed E-state index contributed by atoms with van der Waals surface area (Å²) in [7, 11) is 0. The van der Waals surface area contributed by atoms with E-state index in [9.17, 15) is 4.79 Å². The maximum absolute atomic E-state index is 13.2. The number of nitrogens with two attached hydrogens (primary N) is 1. The van der Waals surface area contributed by atoms with Crippen LogP contribution in [-0.4, -0.2) is 20.5 Å². The number of Topliss-reactive ketones (excluding diaryl/α,β-unsaturated/α-hetero) is 1. The zero-order chi connectivity index (χ0) is 18.5. The third kappa shape index (κ3) is 2.74. The monoisotopic (exact) mass is 397 g/mol. The first kappa shape index (κ1) is 16.5. The number of carbonyl (C=O) groups is 1. The number of allylic oxidation sites excluding steroid dienone is 2. The van der Waals surface area contributed by atoms with Gasteiger partial charge in [-0.3, -0.25) is 4.79 Å². The number of hydrogen-bond acceptors (Lipinski definition) is 6. The van der Waals surface area contributed by atoms with Crippen molar-refractivity contribution in [3.8, 4) is 0 Å². The fraction of sp³-hybridized carbons (Fsp3) is 0.211. The molecule has 0 amide bonds. The highest BCUT2D eigenvalue weighted by Gasteiger charge is 2.39. The summed E-state index contributed by atoms with van der Waals surface area (Å²) in [4.78, 5) is 18.7. The van der Waals surface area contributed by atoms with Crippen molar-refractivity contribution in [1.29, 1.82) is 0 Å². The Kier molecular flexibility index (Phi) is 3.80. The number of anilines is 2. The summed E-state index contributed by atoms with van der Waals surface area (Å²) in [5, 5.41) is 10.3. The average Bonchev–Trinajstić information content (AvgIpc) is 3.28. The number of hydrogen-bond donors (Lipinski definition) is 2. The number of nitrogens with zero attached hydrogens (tertiary/aromatic N) is 3. The number of carbonyl (C=O) groups excluding carboxylic acids is 1. The fourth-order valence-electron chi connectivity index (χ4n) is 3.94. The molecule has 1 aliphatic carbocycles. The molecule has 2 atom stereocenters. The van der Waals surface area contributed by atoms with E-state index in [0.29, 0.717) is 17.4 Å². The number of halogens is 1. The number of aromatic nitrogens is 3. The van der Waals surface area contributed by atoms with Gasteiger partial charge < -0.3 is 11.1 Å². The van der Waals surface area contributed by atoms with Crippen molar-refractivity contribution in [2.24, 2.45) is 0 Å². The molecule has 6 nitrogen and oxygen atoms in total. The highest BCUT2D eigenvalue weighted by Crippen LogP contribution is 2.45. The van der Waals surface area contributed by atoms with E-state index in [1.54, 1.807) is 16.0 Å². The van der Waals surface area contributed by atoms with Crippen LogP contribution in [0.25, 0.3) is 0 Å². The van der Waals surface area contributed by atoms with Gasteiger partial charge in [0, 0.05) is 33.5 Å². The van der Waals surface area contributed by atoms with Gasteiger partial charge in [-0.15, -0.1) is 16.4 Å². The van der Waals surface area contributed by atoms with E-state index < -0.39 is 0 Å². The maximum atomic E-state index is 13.2. The molecule has 0 saturated heterocycles. The van der Waals surface area contributed by atoms with Crippen molar-refractivity contribution in [2.75, 3.05) is 11.1 Å². The van der Waals surface area contributed by atoms with Crippen LogP contribution in [-0.2, 0) is 4.79 Å². The van der Waals surface area contributed by atoms with E-state index in [4.69, 9.17) is 17.3 Å². The Morgan fingerprint density at radius 2 is 2.15 bits per heavy atom. The van der Waals surface area contributed by atoms with Crippen LogP contribution in [0.5, 0.6) is 0 Å². The first-order chi connectivity index (χ1) is 13.1. The maximum Gasteiger partial charge on any atom is 0.241 e. The molecule has 2 aromatic heterocycles. The number of thiophene rings is 1. The van der Waals surface area contributed by atoms with Gasteiger partial charge in [0.05, 0.1) is 0 Å². The number of nitrogen functional groups attached to an aromatic ring is 1. The summed E-state index contributed by atoms with van der Waals surface area (Å²) in [6, 6.07) is 11.2. The zero-order valence-corrected chi connectivity index (χ0v) is 15.8. The normalized spacial score (nSPS) is 21.6. The molecule has 1 aliphatic heterocycles. The summed E-state index contributed by atoms with van der Waals surface area (Å²) in [5.41, 5.74) is 8.36. The first-order valence-electron chi connectivity index (χ1n) is 8.64. The first-order valence-corrected chi connectivity index (χ1v) is 9.90. The average molecular weight is 398 g/mol. The molecule has 5 rings (SSSR count). The predicted octanol–water partition coefficient (Wildman–Crippen LogP) is 3.99. The second-order valence-corrected chi connectivity index (χ2v) is 8.17. The van der Waals surface area contributed by atoms with Gasteiger partial charge in [0.15, 0.2) is 5.78 Å². The van der Waals surface area contributed by atoms with Crippen molar-refractivity contribution in [3.05, 3.63) is 68.5 Å². The second kappa shape index (κ2) is 6.21. The van der Waals surface area contributed by atoms with Gasteiger partial charge in [0.25, 0.3) is 0 Å². The fourth-order valence-corrected chi connectivity index (χ4v) is 4.97. The quantitative estimate of drug-likeness (QED) is 0.682. The minimum absolute atomic E-state index is 0.117. The van der Waals surface area contributed by atoms with Crippen LogP contribution in [0.4, 0.5) is 11.9 Å². The Morgan fingerprint density at radius 1 is 1.26 bits per heavy atom. The summed E-state index contributed by atoms with van der Waals surface area (Å²) in [6.45, 7) is 0. The van der Waals surface area contributed by atoms with Gasteiger partial charge in [-0.2, -0.15) is 4.98 Å². The molecular formula is C19H16ClN5OS. The third-order valence-electron chi connectivity index (χ3n) is 5.05. The molecular weight excluding hydrogens is 382 g/mol. The Morgan fingerprint density at radius 3 is 2.93 bits per heavy atom. The van der Waals surface area contributed by atoms with E-state index in [1.165, 1.54) is 4.88 Å². The molecule has 0 saturated carbocycles. The van der Waals surface area contributed by atoms with E-state index in [0.717, 1.165) is 23.3 Å². The molecule has 0 spiro atoms. The lowest BCUT2D eigenvalue weighted by Gasteiger charge is -2.34. The minimum atomic E-state index is -0.378. The molecule has 3 N–H and O–H groups in total. The SMILES string of the molecule is Nc1nc2n(n1)[C@H](c1cccc(Cl)c1)C1=C(C[C@H](c3cccs3)CC1=O)N2. The Balaban J connectivity index is 1.65. The highest BCUT2D eigenvalue weighted by molar-refractivity contribution is 7.10. The molecule has 2 aliphatic rings. The van der Waals surface area contributed by atoms with Gasteiger partial charge in [-0.05, 0) is 35.6 Å². The van der Waals surface area contributed by atoms with E-state index in [1.807, 2.05) is 35.7 Å². The molecule has 1 aromatic carbocycles. The molecule has 3 aromatic rings. The van der Waals surface area contributed by atoms with E-state index >= 15 is 0 Å². The number of fused-ring (bicyclic) bond motifs is 1. The predicted molar refractivity (Wildman–Crippen MR) is 106 cm³/mol. The van der Waals surface area contributed by atoms with Gasteiger partial charge >= 0.3 is 0 Å². The van der Waals surface area contributed by atoms with Gasteiger partial charge in [-0.1, -0.05) is 29.8 Å². The van der Waals surface area contributed by atoms with E-state index in [-0.39, 0.29) is 23.7 Å². The van der Waals surface area contributed by atoms with E-state index in [2.05, 4.69) is 21.5 Å². The van der Waals surface area contributed by atoms with Crippen LogP contribution < -0.4 is 11.1 Å². The van der Waals surface area contributed by atoms with Crippen LogP contribution in [0.2, 0.25) is 5.02 Å². The molecule has 0 fully saturated rings. The topological polar surface area (TPSA) is 85.8 Å². The highest BCUT2D eigenvalue weighted by atomic mass is 35.5. The Hall–Kier alpha value is -2.64. The molecule has 0 bridgehead atoms. The summed E-state index contributed by atoms with van der Waals surface area (Å²) >= 11 is 7.90. The number of nitrogens with one attached hydrogen (secondary N) is 1. The Labute approximate surface area is 164 Å². The molecule has 8 heteroatoms. The van der Waals surface area contributed by atoms with Crippen molar-refractivity contribution in [2.45, 2.75) is 24.8 Å². The van der Waals surface area contributed by atoms with Crippen molar-refractivity contribution in [3.63, 3.8) is 0 Å². The van der Waals surface area contributed by atoms with Gasteiger partial charge in [0.2, 0.25) is 11.9 Å². The second-order valence-electron chi connectivity index (χ2n) is 6.76. The summed E-state index contributed by atoms with van der Waals surface area (Å²) in [5.74, 6) is 1.02. The lowest BCUT2D eigenvalue weighted by atomic mass is 9.80. The minimum Gasteiger partial charge on any atom is -0.366 e. The van der Waals surface area contributed by atoms with Crippen LogP contribution in [0, 0.1) is 0 Å². The third-order valence-corrected chi connectivity index (χ3v) is 6.32. The Bertz CT molecular complexity index is 1070. The standard InChI is InChI=1S/C19H16ClN5OS/c20-12-4-1-3-10(7-12)17-16-13(22-19-23-18(21)24-25(17)19)8-11(9-14(16)26)15-5-2-6-27-15/h1-7,11,17H,8-9H2,(H3,21,22,23,24)/t11-,17+/m0/s1. The lowest BCUT2D eigenvalue weighted by Crippen LogP contribution is -2.33. The molecule has 0 radical (unpaired) electrons. The van der Waals surface area contributed by atoms with Gasteiger partial charge in [-0.25, -0.2) is 4.68 Å². The van der Waals surface area contributed by atoms with Crippen molar-refractivity contribution in [1.82, 2.24) is 14.8 Å². The largest absolute Gasteiger partial charge is 0.366 e. The lowest BCUT2D eigenvalue weighted by molar-refractivity contribution is -0.116. The molecule has 3 heterocycles. The van der Waals surface area contributed by atoms with Crippen LogP contribution >= 0.6 is 22.9 Å². The smallest absolute Gasteiger partial charge is 0.241 e. The van der Waals surface area contributed by atoms with Crippen molar-refractivity contribution >= 4 is 40.6 Å². The molecule has 0 unspecified atom stereocenters. The summed E-state index contributed by atoms with van der Waals surface area (Å²) < 4.78 is 1.68. The number of rotatable bonds is 2. The molecule has 27 heavy (non-hydrogen) atoms. The number of ketones is 1. The van der Waals surface area contributed by atoms with Crippen molar-refractivity contribution < 1.29 is 4.79 Å². The zero-order valence-electron chi connectivity index (χ0n) is 14.2. The number of benzene rings is 1. The van der Waals surface area contributed by atoms with Crippen LogP contribution in [0.1, 0.15) is 35.2 Å². The summed E-state index contributed by atoms with van der Waals surface area (Å²) in [6.07, 6.45) is 1.24.